The van der Waals surface area contributed by atoms with Crippen molar-refractivity contribution in [1.82, 2.24) is 5.32 Å². The van der Waals surface area contributed by atoms with E-state index in [0.29, 0.717) is 11.5 Å². The van der Waals surface area contributed by atoms with Gasteiger partial charge in [0.05, 0.1) is 6.54 Å². The number of aliphatic carboxylic acids is 1. The highest BCUT2D eigenvalue weighted by atomic mass is 16.4. The average molecular weight is 155 g/mol. The van der Waals surface area contributed by atoms with Gasteiger partial charge in [0.2, 0.25) is 0 Å². The van der Waals surface area contributed by atoms with Crippen LogP contribution in [0.15, 0.2) is 0 Å². The molecule has 62 valence electrons. The standard InChI is InChI=1S/C8H13NO2/c10-7(11)5-9-6-3-8(4-6)1-2-8/h6,9H,1-5H2,(H,10,11). The molecule has 0 aromatic carbocycles. The zero-order valence-corrected chi connectivity index (χ0v) is 6.47. The van der Waals surface area contributed by atoms with Crippen LogP contribution in [0.1, 0.15) is 25.7 Å². The molecule has 0 heterocycles. The van der Waals surface area contributed by atoms with Gasteiger partial charge in [0, 0.05) is 6.04 Å². The van der Waals surface area contributed by atoms with Gasteiger partial charge in [0.15, 0.2) is 0 Å². The topological polar surface area (TPSA) is 49.3 Å². The quantitative estimate of drug-likeness (QED) is 0.627. The van der Waals surface area contributed by atoms with E-state index in [2.05, 4.69) is 5.32 Å². The lowest BCUT2D eigenvalue weighted by Gasteiger charge is -2.36. The Morgan fingerprint density at radius 3 is 2.64 bits per heavy atom. The van der Waals surface area contributed by atoms with Crippen LogP contribution >= 0.6 is 0 Å². The SMILES string of the molecule is O=C(O)CNC1CC2(CC2)C1. The van der Waals surface area contributed by atoms with Gasteiger partial charge < -0.3 is 10.4 Å². The van der Waals surface area contributed by atoms with Gasteiger partial charge in [-0.25, -0.2) is 0 Å². The van der Waals surface area contributed by atoms with Crippen molar-refractivity contribution in [2.75, 3.05) is 6.54 Å². The number of carboxylic acid groups (broad SMARTS) is 1. The molecule has 2 fully saturated rings. The highest BCUT2D eigenvalue weighted by Crippen LogP contribution is 2.60. The first-order valence-corrected chi connectivity index (χ1v) is 4.15. The monoisotopic (exact) mass is 155 g/mol. The minimum atomic E-state index is -0.748. The predicted molar refractivity (Wildman–Crippen MR) is 40.3 cm³/mol. The molecule has 2 N–H and O–H groups in total. The molecule has 0 atom stereocenters. The smallest absolute Gasteiger partial charge is 0.317 e. The molecule has 0 saturated heterocycles. The van der Waals surface area contributed by atoms with E-state index >= 15 is 0 Å². The van der Waals surface area contributed by atoms with Crippen molar-refractivity contribution in [2.24, 2.45) is 5.41 Å². The van der Waals surface area contributed by atoms with Crippen molar-refractivity contribution >= 4 is 5.97 Å². The minimum absolute atomic E-state index is 0.126. The summed E-state index contributed by atoms with van der Waals surface area (Å²) in [6.45, 7) is 0.126. The van der Waals surface area contributed by atoms with Gasteiger partial charge in [-0.1, -0.05) is 0 Å². The van der Waals surface area contributed by atoms with E-state index in [9.17, 15) is 4.79 Å². The molecule has 2 saturated carbocycles. The first-order chi connectivity index (χ1) is 5.20. The summed E-state index contributed by atoms with van der Waals surface area (Å²) < 4.78 is 0. The van der Waals surface area contributed by atoms with Crippen LogP contribution in [-0.4, -0.2) is 23.7 Å². The van der Waals surface area contributed by atoms with E-state index < -0.39 is 5.97 Å². The molecule has 2 rings (SSSR count). The Morgan fingerprint density at radius 1 is 1.55 bits per heavy atom. The molecule has 1 spiro atoms. The molecular weight excluding hydrogens is 142 g/mol. The summed E-state index contributed by atoms with van der Waals surface area (Å²) in [5, 5.41) is 11.4. The Balaban J connectivity index is 1.63. The van der Waals surface area contributed by atoms with Crippen LogP contribution < -0.4 is 5.32 Å². The van der Waals surface area contributed by atoms with Gasteiger partial charge in [-0.15, -0.1) is 0 Å². The molecule has 2 aliphatic rings. The Hall–Kier alpha value is -0.570. The second-order valence-corrected chi connectivity index (χ2v) is 3.88. The van der Waals surface area contributed by atoms with Crippen LogP contribution in [0.4, 0.5) is 0 Å². The van der Waals surface area contributed by atoms with E-state index in [1.165, 1.54) is 25.7 Å². The maximum atomic E-state index is 10.2. The Bertz CT molecular complexity index is 179. The molecule has 2 aliphatic carbocycles. The lowest BCUT2D eigenvalue weighted by molar-refractivity contribution is -0.136. The molecule has 3 heteroatoms. The third kappa shape index (κ3) is 1.38. The van der Waals surface area contributed by atoms with E-state index in [-0.39, 0.29) is 6.54 Å². The van der Waals surface area contributed by atoms with Gasteiger partial charge in [-0.3, -0.25) is 4.79 Å². The summed E-state index contributed by atoms with van der Waals surface area (Å²) in [4.78, 5) is 10.2. The molecular formula is C8H13NO2. The van der Waals surface area contributed by atoms with E-state index in [4.69, 9.17) is 5.11 Å². The molecule has 0 aromatic rings. The first-order valence-electron chi connectivity index (χ1n) is 4.15. The van der Waals surface area contributed by atoms with Crippen molar-refractivity contribution in [3.05, 3.63) is 0 Å². The lowest BCUT2D eigenvalue weighted by Crippen LogP contribution is -2.44. The van der Waals surface area contributed by atoms with Crippen LogP contribution in [-0.2, 0) is 4.79 Å². The molecule has 0 unspecified atom stereocenters. The van der Waals surface area contributed by atoms with Crippen molar-refractivity contribution in [1.29, 1.82) is 0 Å². The minimum Gasteiger partial charge on any atom is -0.480 e. The molecule has 0 radical (unpaired) electrons. The fourth-order valence-corrected chi connectivity index (χ4v) is 1.95. The van der Waals surface area contributed by atoms with Gasteiger partial charge in [0.25, 0.3) is 0 Å². The van der Waals surface area contributed by atoms with Gasteiger partial charge in [0.1, 0.15) is 0 Å². The normalized spacial score (nSPS) is 26.5. The summed E-state index contributed by atoms with van der Waals surface area (Å²) in [6.07, 6.45) is 5.16. The Labute approximate surface area is 65.8 Å². The summed E-state index contributed by atoms with van der Waals surface area (Å²) in [6, 6.07) is 0.494. The molecule has 0 amide bonds. The summed E-state index contributed by atoms with van der Waals surface area (Å²) >= 11 is 0. The average Bonchev–Trinajstić information content (AvgIpc) is 2.58. The van der Waals surface area contributed by atoms with Gasteiger partial charge in [-0.2, -0.15) is 0 Å². The number of hydrogen-bond acceptors (Lipinski definition) is 2. The van der Waals surface area contributed by atoms with Crippen LogP contribution in [0.5, 0.6) is 0 Å². The highest BCUT2D eigenvalue weighted by Gasteiger charge is 2.52. The van der Waals surface area contributed by atoms with Crippen LogP contribution in [0.25, 0.3) is 0 Å². The predicted octanol–water partition coefficient (Wildman–Crippen LogP) is 0.603. The molecule has 0 aromatic heterocycles. The summed E-state index contributed by atoms with van der Waals surface area (Å²) in [5.41, 5.74) is 0.677. The number of nitrogens with one attached hydrogen (secondary N) is 1. The fourth-order valence-electron chi connectivity index (χ4n) is 1.95. The zero-order valence-electron chi connectivity index (χ0n) is 6.47. The number of rotatable bonds is 3. The van der Waals surface area contributed by atoms with E-state index in [1.807, 2.05) is 0 Å². The third-order valence-corrected chi connectivity index (χ3v) is 2.86. The Morgan fingerprint density at radius 2 is 2.18 bits per heavy atom. The first kappa shape index (κ1) is 7.10. The summed E-state index contributed by atoms with van der Waals surface area (Å²) in [5.74, 6) is -0.748. The number of carboxylic acids is 1. The third-order valence-electron chi connectivity index (χ3n) is 2.86. The van der Waals surface area contributed by atoms with Crippen LogP contribution in [0.3, 0.4) is 0 Å². The molecule has 3 nitrogen and oxygen atoms in total. The van der Waals surface area contributed by atoms with Gasteiger partial charge in [-0.05, 0) is 31.1 Å². The highest BCUT2D eigenvalue weighted by molar-refractivity contribution is 5.69. The van der Waals surface area contributed by atoms with Crippen molar-refractivity contribution in [3.63, 3.8) is 0 Å². The van der Waals surface area contributed by atoms with E-state index in [1.54, 1.807) is 0 Å². The second-order valence-electron chi connectivity index (χ2n) is 3.88. The molecule has 0 bridgehead atoms. The maximum absolute atomic E-state index is 10.2. The summed E-state index contributed by atoms with van der Waals surface area (Å²) in [7, 11) is 0. The number of hydrogen-bond donors (Lipinski definition) is 2. The largest absolute Gasteiger partial charge is 0.480 e. The zero-order chi connectivity index (χ0) is 7.90. The fraction of sp³-hybridized carbons (Fsp3) is 0.875. The van der Waals surface area contributed by atoms with Crippen molar-refractivity contribution in [2.45, 2.75) is 31.7 Å². The van der Waals surface area contributed by atoms with Crippen LogP contribution in [0, 0.1) is 5.41 Å². The maximum Gasteiger partial charge on any atom is 0.317 e. The number of carbonyl (C=O) groups is 1. The van der Waals surface area contributed by atoms with Crippen molar-refractivity contribution < 1.29 is 9.90 Å². The van der Waals surface area contributed by atoms with Crippen molar-refractivity contribution in [3.8, 4) is 0 Å². The second kappa shape index (κ2) is 2.21. The van der Waals surface area contributed by atoms with Crippen LogP contribution in [0.2, 0.25) is 0 Å². The van der Waals surface area contributed by atoms with Gasteiger partial charge >= 0.3 is 5.97 Å². The lowest BCUT2D eigenvalue weighted by atomic mass is 9.77. The Kier molecular flexibility index (Phi) is 1.42. The van der Waals surface area contributed by atoms with E-state index in [0.717, 1.165) is 0 Å². The molecule has 11 heavy (non-hydrogen) atoms. The molecule has 0 aliphatic heterocycles.